The van der Waals surface area contributed by atoms with E-state index in [0.29, 0.717) is 23.4 Å². The minimum absolute atomic E-state index is 0.0805. The fourth-order valence-electron chi connectivity index (χ4n) is 2.02. The Morgan fingerprint density at radius 1 is 1.35 bits per heavy atom. The Kier molecular flexibility index (Phi) is 3.93. The summed E-state index contributed by atoms with van der Waals surface area (Å²) in [6.07, 6.45) is 2.68. The number of aryl methyl sites for hydroxylation is 2. The Hall–Kier alpha value is -2.50. The molecule has 0 radical (unpaired) electrons. The molecule has 0 saturated heterocycles. The number of nitrogens with one attached hydrogen (secondary N) is 1. The van der Waals surface area contributed by atoms with Crippen molar-refractivity contribution in [1.82, 2.24) is 4.98 Å². The van der Waals surface area contributed by atoms with E-state index in [2.05, 4.69) is 10.3 Å². The zero-order valence-electron chi connectivity index (χ0n) is 11.2. The van der Waals surface area contributed by atoms with Crippen molar-refractivity contribution in [3.8, 4) is 0 Å². The molecule has 0 aliphatic heterocycles. The van der Waals surface area contributed by atoms with Crippen LogP contribution in [-0.2, 0) is 6.54 Å². The van der Waals surface area contributed by atoms with Gasteiger partial charge in [-0.15, -0.1) is 0 Å². The number of anilines is 1. The first-order valence-corrected chi connectivity index (χ1v) is 6.07. The maximum Gasteiger partial charge on any atom is 0.310 e. The Labute approximate surface area is 115 Å². The highest BCUT2D eigenvalue weighted by atomic mass is 19.1. The van der Waals surface area contributed by atoms with E-state index in [-0.39, 0.29) is 11.5 Å². The number of aromatic nitrogens is 1. The molecule has 0 unspecified atom stereocenters. The first-order chi connectivity index (χ1) is 9.49. The van der Waals surface area contributed by atoms with E-state index in [1.807, 2.05) is 0 Å². The molecule has 0 spiro atoms. The summed E-state index contributed by atoms with van der Waals surface area (Å²) in [4.78, 5) is 14.1. The minimum atomic E-state index is -0.490. The third-order valence-electron chi connectivity index (χ3n) is 2.98. The van der Waals surface area contributed by atoms with Gasteiger partial charge in [0, 0.05) is 12.7 Å². The summed E-state index contributed by atoms with van der Waals surface area (Å²) in [5, 5.41) is 13.8. The zero-order valence-corrected chi connectivity index (χ0v) is 11.2. The van der Waals surface area contributed by atoms with E-state index in [4.69, 9.17) is 0 Å². The number of nitro groups is 1. The normalized spacial score (nSPS) is 10.3. The number of hydrogen-bond acceptors (Lipinski definition) is 4. The molecule has 104 valence electrons. The van der Waals surface area contributed by atoms with Crippen LogP contribution in [0.5, 0.6) is 0 Å². The van der Waals surface area contributed by atoms with Gasteiger partial charge < -0.3 is 5.32 Å². The number of nitrogens with zero attached hydrogens (tertiary/aromatic N) is 2. The van der Waals surface area contributed by atoms with E-state index >= 15 is 0 Å². The van der Waals surface area contributed by atoms with Gasteiger partial charge in [0.1, 0.15) is 17.7 Å². The predicted octanol–water partition coefficient (Wildman–Crippen LogP) is 3.36. The molecule has 0 atom stereocenters. The van der Waals surface area contributed by atoms with Crippen molar-refractivity contribution in [2.75, 3.05) is 5.32 Å². The van der Waals surface area contributed by atoms with Gasteiger partial charge in [0.2, 0.25) is 0 Å². The average molecular weight is 275 g/mol. The summed E-state index contributed by atoms with van der Waals surface area (Å²) < 4.78 is 13.5. The van der Waals surface area contributed by atoms with E-state index in [0.717, 1.165) is 5.56 Å². The highest BCUT2D eigenvalue weighted by Gasteiger charge is 2.13. The van der Waals surface area contributed by atoms with Gasteiger partial charge in [-0.3, -0.25) is 15.1 Å². The maximum absolute atomic E-state index is 13.5. The van der Waals surface area contributed by atoms with Crippen LogP contribution in [0.2, 0.25) is 0 Å². The van der Waals surface area contributed by atoms with Gasteiger partial charge in [0.05, 0.1) is 4.92 Å². The van der Waals surface area contributed by atoms with Crippen LogP contribution >= 0.6 is 0 Å². The number of halogens is 1. The van der Waals surface area contributed by atoms with E-state index in [1.165, 1.54) is 12.4 Å². The van der Waals surface area contributed by atoms with Crippen molar-refractivity contribution >= 4 is 11.4 Å². The molecule has 1 N–H and O–H groups in total. The summed E-state index contributed by atoms with van der Waals surface area (Å²) in [5.74, 6) is -0.219. The number of hydrogen-bond donors (Lipinski definition) is 1. The summed E-state index contributed by atoms with van der Waals surface area (Å²) >= 11 is 0. The van der Waals surface area contributed by atoms with Crippen LogP contribution in [-0.4, -0.2) is 9.91 Å². The molecule has 0 amide bonds. The molecule has 2 aromatic rings. The predicted molar refractivity (Wildman–Crippen MR) is 74.1 cm³/mol. The molecular formula is C14H14FN3O2. The SMILES string of the molecule is Cc1cc(CNc2ccncc2[N+](=O)[O-])cc(C)c1F. The average Bonchev–Trinajstić information content (AvgIpc) is 2.42. The molecule has 5 nitrogen and oxygen atoms in total. The molecule has 20 heavy (non-hydrogen) atoms. The Bertz CT molecular complexity index is 636. The summed E-state index contributed by atoms with van der Waals surface area (Å²) in [5.41, 5.74) is 2.30. The second kappa shape index (κ2) is 5.64. The van der Waals surface area contributed by atoms with Gasteiger partial charge in [0.25, 0.3) is 0 Å². The maximum atomic E-state index is 13.5. The molecule has 6 heteroatoms. The summed E-state index contributed by atoms with van der Waals surface area (Å²) in [6.45, 7) is 3.77. The minimum Gasteiger partial charge on any atom is -0.375 e. The van der Waals surface area contributed by atoms with Gasteiger partial charge in [-0.25, -0.2) is 4.39 Å². The number of pyridine rings is 1. The van der Waals surface area contributed by atoms with Crippen LogP contribution in [0.4, 0.5) is 15.8 Å². The van der Waals surface area contributed by atoms with Gasteiger partial charge >= 0.3 is 5.69 Å². The van der Waals surface area contributed by atoms with Crippen LogP contribution in [0.3, 0.4) is 0 Å². The first-order valence-electron chi connectivity index (χ1n) is 6.07. The molecular weight excluding hydrogens is 261 g/mol. The highest BCUT2D eigenvalue weighted by molar-refractivity contribution is 5.59. The van der Waals surface area contributed by atoms with Gasteiger partial charge in [-0.05, 0) is 36.6 Å². The smallest absolute Gasteiger partial charge is 0.310 e. The molecule has 2 rings (SSSR count). The molecule has 0 aliphatic rings. The monoisotopic (exact) mass is 275 g/mol. The van der Waals surface area contributed by atoms with Crippen LogP contribution in [0.1, 0.15) is 16.7 Å². The largest absolute Gasteiger partial charge is 0.375 e. The van der Waals surface area contributed by atoms with Crippen molar-refractivity contribution in [3.05, 3.63) is 63.2 Å². The van der Waals surface area contributed by atoms with Gasteiger partial charge in [-0.1, -0.05) is 12.1 Å². The molecule has 1 heterocycles. The summed E-state index contributed by atoms with van der Waals surface area (Å²) in [7, 11) is 0. The number of rotatable bonds is 4. The van der Waals surface area contributed by atoms with Gasteiger partial charge in [-0.2, -0.15) is 0 Å². The standard InChI is InChI=1S/C14H14FN3O2/c1-9-5-11(6-10(2)14(9)15)7-17-12-3-4-16-8-13(12)18(19)20/h3-6,8H,7H2,1-2H3,(H,16,17). The van der Waals surface area contributed by atoms with Crippen LogP contribution in [0.25, 0.3) is 0 Å². The second-order valence-electron chi connectivity index (χ2n) is 4.55. The fraction of sp³-hybridized carbons (Fsp3) is 0.214. The van der Waals surface area contributed by atoms with Crippen molar-refractivity contribution in [2.45, 2.75) is 20.4 Å². The Morgan fingerprint density at radius 2 is 2.00 bits per heavy atom. The third kappa shape index (κ3) is 2.90. The van der Waals surface area contributed by atoms with Crippen molar-refractivity contribution in [1.29, 1.82) is 0 Å². The van der Waals surface area contributed by atoms with E-state index < -0.39 is 4.92 Å². The van der Waals surface area contributed by atoms with Crippen molar-refractivity contribution < 1.29 is 9.31 Å². The molecule has 1 aromatic heterocycles. The van der Waals surface area contributed by atoms with Crippen LogP contribution in [0.15, 0.2) is 30.6 Å². The summed E-state index contributed by atoms with van der Waals surface area (Å²) in [6, 6.07) is 4.99. The lowest BCUT2D eigenvalue weighted by molar-refractivity contribution is -0.384. The quantitative estimate of drug-likeness (QED) is 0.686. The third-order valence-corrected chi connectivity index (χ3v) is 2.98. The highest BCUT2D eigenvalue weighted by Crippen LogP contribution is 2.23. The van der Waals surface area contributed by atoms with Crippen LogP contribution in [0, 0.1) is 29.8 Å². The Morgan fingerprint density at radius 3 is 2.60 bits per heavy atom. The van der Waals surface area contributed by atoms with Gasteiger partial charge in [0.15, 0.2) is 0 Å². The molecule has 0 aliphatic carbocycles. The molecule has 0 bridgehead atoms. The second-order valence-corrected chi connectivity index (χ2v) is 4.55. The van der Waals surface area contributed by atoms with Crippen molar-refractivity contribution in [3.63, 3.8) is 0 Å². The molecule has 0 fully saturated rings. The Balaban J connectivity index is 2.19. The van der Waals surface area contributed by atoms with E-state index in [1.54, 1.807) is 32.0 Å². The first kappa shape index (κ1) is 13.9. The lowest BCUT2D eigenvalue weighted by atomic mass is 10.1. The topological polar surface area (TPSA) is 68.1 Å². The zero-order chi connectivity index (χ0) is 14.7. The molecule has 0 saturated carbocycles. The lowest BCUT2D eigenvalue weighted by Gasteiger charge is -2.09. The van der Waals surface area contributed by atoms with Crippen LogP contribution < -0.4 is 5.32 Å². The fourth-order valence-corrected chi connectivity index (χ4v) is 2.02. The molecule has 1 aromatic carbocycles. The number of benzene rings is 1. The van der Waals surface area contributed by atoms with Crippen molar-refractivity contribution in [2.24, 2.45) is 0 Å². The lowest BCUT2D eigenvalue weighted by Crippen LogP contribution is -2.04. The van der Waals surface area contributed by atoms with E-state index in [9.17, 15) is 14.5 Å².